The minimum Gasteiger partial charge on any atom is -1.00 e. The van der Waals surface area contributed by atoms with Crippen LogP contribution in [0.5, 0.6) is 0 Å². The van der Waals surface area contributed by atoms with Gasteiger partial charge in [-0.3, -0.25) is 0 Å². The Morgan fingerprint density at radius 3 is 0.484 bits per heavy atom. The fraction of sp³-hybridized carbons (Fsp3) is 0.500. The quantitative estimate of drug-likeness (QED) is 0.124. The molecule has 180 valence electrons. The second-order valence-electron chi connectivity index (χ2n) is 2.15. The van der Waals surface area contributed by atoms with E-state index in [2.05, 4.69) is 0 Å². The fourth-order valence-corrected chi connectivity index (χ4v) is 0. The third kappa shape index (κ3) is 716000. The second kappa shape index (κ2) is 77.7. The van der Waals surface area contributed by atoms with Gasteiger partial charge in [0, 0.05) is 17.9 Å². The van der Waals surface area contributed by atoms with Gasteiger partial charge in [-0.1, -0.05) is 0 Å². The van der Waals surface area contributed by atoms with E-state index in [1.54, 1.807) is 0 Å². The van der Waals surface area contributed by atoms with Crippen LogP contribution in [0.4, 0.5) is 0 Å². The molecule has 0 aromatic heterocycles. The molecule has 0 amide bonds. The Hall–Kier alpha value is 0.183. The Morgan fingerprint density at radius 1 is 0.484 bits per heavy atom. The predicted octanol–water partition coefficient (Wildman–Crippen LogP) is -16.4. The number of carboxylic acids is 3. The van der Waals surface area contributed by atoms with Crippen LogP contribution in [0.3, 0.4) is 0 Å². The molecule has 0 rings (SSSR count). The summed E-state index contributed by atoms with van der Waals surface area (Å²) in [4.78, 5) is 51.4. The molecule has 0 saturated heterocycles. The van der Waals surface area contributed by atoms with Crippen LogP contribution in [0.1, 0.15) is 20.8 Å². The molecular formula is C6H9Cl4La2N3O15Ru. The molecule has 0 spiro atoms. The minimum absolute atomic E-state index is 0. The molecule has 0 heterocycles. The van der Waals surface area contributed by atoms with Gasteiger partial charge >= 0.3 is 90.7 Å². The number of halogens is 4. The van der Waals surface area contributed by atoms with Crippen LogP contribution in [0.15, 0.2) is 0 Å². The van der Waals surface area contributed by atoms with Crippen molar-refractivity contribution in [2.45, 2.75) is 20.8 Å². The van der Waals surface area contributed by atoms with Crippen molar-refractivity contribution >= 4 is 17.9 Å². The number of hydrogen-bond donors (Lipinski definition) is 0. The number of rotatable bonds is 0. The zero-order valence-electron chi connectivity index (χ0n) is 15.0. The van der Waals surface area contributed by atoms with Gasteiger partial charge in [0.25, 0.3) is 0 Å². The average molecular weight is 884 g/mol. The maximum atomic E-state index is 8.89. The van der Waals surface area contributed by atoms with Crippen molar-refractivity contribution in [3.8, 4) is 0 Å². The van der Waals surface area contributed by atoms with Crippen LogP contribution in [0.2, 0.25) is 0 Å². The normalized spacial score (nSPS) is 4.74. The first-order valence-electron chi connectivity index (χ1n) is 4.37. The van der Waals surface area contributed by atoms with Gasteiger partial charge in [0.15, 0.2) is 0 Å². The predicted molar refractivity (Wildman–Crippen MR) is 63.1 cm³/mol. The van der Waals surface area contributed by atoms with Crippen molar-refractivity contribution in [3.63, 3.8) is 0 Å². The average Bonchev–Trinajstić information content (AvgIpc) is 2.08. The molecule has 0 aliphatic carbocycles. The fourth-order valence-electron chi connectivity index (χ4n) is 0. The van der Waals surface area contributed by atoms with Gasteiger partial charge in [0.1, 0.15) is 0 Å². The van der Waals surface area contributed by atoms with Crippen LogP contribution in [0.25, 0.3) is 0 Å². The first-order chi connectivity index (χ1) is 10.4. The monoisotopic (exact) mass is 883 g/mol. The third-order valence-corrected chi connectivity index (χ3v) is 0. The van der Waals surface area contributed by atoms with Gasteiger partial charge in [0.2, 0.25) is 0 Å². The van der Waals surface area contributed by atoms with Gasteiger partial charge in [-0.15, -0.1) is 0 Å². The van der Waals surface area contributed by atoms with Gasteiger partial charge in [0.05, 0.1) is 15.3 Å². The van der Waals surface area contributed by atoms with Crippen LogP contribution in [-0.4, -0.2) is 33.2 Å². The van der Waals surface area contributed by atoms with E-state index in [0.29, 0.717) is 0 Å². The molecule has 0 bridgehead atoms. The van der Waals surface area contributed by atoms with Crippen LogP contribution < -0.4 is 64.9 Å². The summed E-state index contributed by atoms with van der Waals surface area (Å²) in [5.41, 5.74) is 0. The van der Waals surface area contributed by atoms with Crippen molar-refractivity contribution in [2.24, 2.45) is 0 Å². The van der Waals surface area contributed by atoms with Crippen molar-refractivity contribution < 1.29 is 185 Å². The third-order valence-electron chi connectivity index (χ3n) is 0. The molecular weight excluding hydrogens is 875 g/mol. The Kier molecular flexibility index (Phi) is 215. The summed E-state index contributed by atoms with van der Waals surface area (Å²) in [5.74, 6) is -3.25. The molecule has 31 heavy (non-hydrogen) atoms. The molecule has 0 aromatic rings. The number of aliphatic carboxylic acids is 3. The van der Waals surface area contributed by atoms with Crippen LogP contribution in [-0.2, 0) is 33.9 Å². The van der Waals surface area contributed by atoms with E-state index in [0.717, 1.165) is 20.8 Å². The molecule has 0 atom stereocenters. The first-order valence-corrected chi connectivity index (χ1v) is 4.37. The summed E-state index contributed by atoms with van der Waals surface area (Å²) in [7, 11) is 0. The topological polar surface area (TPSA) is 319 Å². The molecule has 0 fully saturated rings. The first kappa shape index (κ1) is 85.9. The molecule has 0 aliphatic heterocycles. The van der Waals surface area contributed by atoms with E-state index in [1.165, 1.54) is 0 Å². The van der Waals surface area contributed by atoms with E-state index >= 15 is 0 Å². The summed E-state index contributed by atoms with van der Waals surface area (Å²) < 4.78 is 0. The smallest absolute Gasteiger partial charge is 1.00 e. The number of carbonyl (C=O) groups excluding carboxylic acids is 3. The number of carboxylic acid groups (broad SMARTS) is 3. The van der Waals surface area contributed by atoms with Gasteiger partial charge in [-0.05, 0) is 20.8 Å². The minimum atomic E-state index is -1.75. The SMILES string of the molecule is CC(=O)[O-].CC(=O)[O-].CC(=O)[O-].O=[N+]([O-])[O-].O=[N+]([O-])[O-].O=[N+]([O-])[O-].[Cl-].[Cl-].[Cl-].[Cl-].[La+3].[La+3].[Ru+4]. The number of hydrogen-bond acceptors (Lipinski definition) is 15. The molecule has 0 N–H and O–H groups in total. The maximum Gasteiger partial charge on any atom is 4.00 e. The Balaban J connectivity index is -0.0000000109. The molecule has 0 saturated carbocycles. The summed E-state index contributed by atoms with van der Waals surface area (Å²) in [6.07, 6.45) is 0. The summed E-state index contributed by atoms with van der Waals surface area (Å²) in [6, 6.07) is 0. The van der Waals surface area contributed by atoms with Gasteiger partial charge < -0.3 is 125 Å². The standard InChI is InChI=1S/3C2H4O2.4ClH.2La.3NO3.Ru/c3*1-2(3)4;;;;;;;3*2-1(3)4;/h3*1H3,(H,3,4);4*1H;;;;;;/q;;;;;;;2*+3;3*-1;+4/p-7. The van der Waals surface area contributed by atoms with Crippen molar-refractivity contribution in [3.05, 3.63) is 46.0 Å². The summed E-state index contributed by atoms with van der Waals surface area (Å²) in [5, 5.41) is 70.9. The Morgan fingerprint density at radius 2 is 0.484 bits per heavy atom. The molecule has 0 radical (unpaired) electrons. The van der Waals surface area contributed by atoms with Crippen molar-refractivity contribution in [2.75, 3.05) is 0 Å². The summed E-state index contributed by atoms with van der Waals surface area (Å²) in [6.45, 7) is 2.92. The van der Waals surface area contributed by atoms with Gasteiger partial charge in [-0.2, -0.15) is 0 Å². The van der Waals surface area contributed by atoms with E-state index in [1.807, 2.05) is 0 Å². The summed E-state index contributed by atoms with van der Waals surface area (Å²) >= 11 is 0. The Labute approximate surface area is 266 Å². The largest absolute Gasteiger partial charge is 4.00 e. The molecule has 18 nitrogen and oxygen atoms in total. The number of carbonyl (C=O) groups is 3. The van der Waals surface area contributed by atoms with E-state index in [4.69, 9.17) is 75.7 Å². The molecule has 0 aromatic carbocycles. The molecule has 25 heteroatoms. The van der Waals surface area contributed by atoms with E-state index in [-0.39, 0.29) is 140 Å². The second-order valence-corrected chi connectivity index (χ2v) is 2.15. The van der Waals surface area contributed by atoms with E-state index in [9.17, 15) is 0 Å². The molecule has 0 unspecified atom stereocenters. The Bertz CT molecular complexity index is 296. The zero-order chi connectivity index (χ0) is 21.5. The molecule has 0 aliphatic rings. The van der Waals surface area contributed by atoms with Gasteiger partial charge in [-0.25, -0.2) is 0 Å². The van der Waals surface area contributed by atoms with Crippen LogP contribution in [0, 0.1) is 117 Å². The number of nitrogens with zero attached hydrogens (tertiary/aromatic N) is 3. The zero-order valence-corrected chi connectivity index (χ0v) is 27.0. The van der Waals surface area contributed by atoms with E-state index < -0.39 is 33.2 Å². The van der Waals surface area contributed by atoms with Crippen LogP contribution >= 0.6 is 0 Å². The van der Waals surface area contributed by atoms with Crippen molar-refractivity contribution in [1.29, 1.82) is 0 Å². The van der Waals surface area contributed by atoms with Crippen molar-refractivity contribution in [1.82, 2.24) is 0 Å². The maximum absolute atomic E-state index is 8.89.